The third kappa shape index (κ3) is 4.11. The van der Waals surface area contributed by atoms with Crippen LogP contribution < -0.4 is 16.5 Å². The first kappa shape index (κ1) is 21.6. The molecule has 0 unspecified atom stereocenters. The largest absolute Gasteiger partial charge is 0.488 e. The molecular formula is C24H26BN5O3. The number of benzene rings is 2. The molecule has 0 bridgehead atoms. The lowest BCUT2D eigenvalue weighted by molar-refractivity contribution is 0.107. The lowest BCUT2D eigenvalue weighted by atomic mass is 9.79. The predicted molar refractivity (Wildman–Crippen MR) is 128 cm³/mol. The van der Waals surface area contributed by atoms with Crippen molar-refractivity contribution in [3.8, 4) is 5.95 Å². The lowest BCUT2D eigenvalue weighted by Gasteiger charge is -2.21. The summed E-state index contributed by atoms with van der Waals surface area (Å²) in [7, 11) is -1.50. The number of ether oxygens (including phenoxy) is 1. The molecule has 4 aromatic rings. The van der Waals surface area contributed by atoms with E-state index in [1.54, 1.807) is 12.1 Å². The summed E-state index contributed by atoms with van der Waals surface area (Å²) in [5.41, 5.74) is 12.4. The van der Waals surface area contributed by atoms with Gasteiger partial charge in [0.25, 0.3) is 0 Å². The van der Waals surface area contributed by atoms with E-state index in [0.717, 1.165) is 51.2 Å². The van der Waals surface area contributed by atoms with Crippen molar-refractivity contribution in [2.24, 2.45) is 5.73 Å². The van der Waals surface area contributed by atoms with E-state index in [0.29, 0.717) is 37.7 Å². The van der Waals surface area contributed by atoms with Gasteiger partial charge in [-0.05, 0) is 35.6 Å². The molecule has 1 aliphatic heterocycles. The van der Waals surface area contributed by atoms with Gasteiger partial charge in [-0.2, -0.15) is 4.98 Å². The second-order valence-corrected chi connectivity index (χ2v) is 8.25. The van der Waals surface area contributed by atoms with Crippen LogP contribution in [0.3, 0.4) is 0 Å². The molecule has 2 aromatic carbocycles. The quantitative estimate of drug-likeness (QED) is 0.334. The molecule has 0 atom stereocenters. The molecule has 5 rings (SSSR count). The molecule has 0 fully saturated rings. The maximum absolute atomic E-state index is 9.47. The van der Waals surface area contributed by atoms with Gasteiger partial charge < -0.3 is 25.8 Å². The average Bonchev–Trinajstić information content (AvgIpc) is 3.18. The summed E-state index contributed by atoms with van der Waals surface area (Å²) in [6.45, 7) is 4.07. The first-order valence-electron chi connectivity index (χ1n) is 11.0. The van der Waals surface area contributed by atoms with Gasteiger partial charge in [0.1, 0.15) is 5.82 Å². The number of aromatic nitrogens is 3. The zero-order valence-electron chi connectivity index (χ0n) is 18.5. The highest BCUT2D eigenvalue weighted by Crippen LogP contribution is 2.29. The van der Waals surface area contributed by atoms with E-state index in [9.17, 15) is 10.0 Å². The molecule has 0 amide bonds. The van der Waals surface area contributed by atoms with Gasteiger partial charge in [-0.25, -0.2) is 4.98 Å². The maximum atomic E-state index is 9.47. The zero-order chi connectivity index (χ0) is 22.9. The van der Waals surface area contributed by atoms with Gasteiger partial charge in [0.15, 0.2) is 0 Å². The fourth-order valence-corrected chi connectivity index (χ4v) is 4.41. The Morgan fingerprint density at radius 2 is 2.00 bits per heavy atom. The maximum Gasteiger partial charge on any atom is 0.488 e. The number of fused-ring (bicyclic) bond motifs is 2. The summed E-state index contributed by atoms with van der Waals surface area (Å²) in [5.74, 6) is 1.35. The Hall–Kier alpha value is -3.24. The number of rotatable bonds is 6. The van der Waals surface area contributed by atoms with Crippen molar-refractivity contribution in [1.82, 2.24) is 14.5 Å². The van der Waals surface area contributed by atoms with Gasteiger partial charge in [-0.1, -0.05) is 36.4 Å². The number of nitrogens with one attached hydrogen (secondary N) is 1. The molecular weight excluding hydrogens is 417 g/mol. The Labute approximate surface area is 192 Å². The van der Waals surface area contributed by atoms with Crippen molar-refractivity contribution < 1.29 is 14.8 Å². The Morgan fingerprint density at radius 1 is 1.15 bits per heavy atom. The van der Waals surface area contributed by atoms with Gasteiger partial charge in [-0.3, -0.25) is 4.57 Å². The van der Waals surface area contributed by atoms with Crippen LogP contribution in [0.15, 0.2) is 48.5 Å². The molecule has 0 saturated carbocycles. The average molecular weight is 443 g/mol. The first-order chi connectivity index (χ1) is 16.0. The van der Waals surface area contributed by atoms with Crippen LogP contribution in [0.5, 0.6) is 0 Å². The molecule has 8 nitrogen and oxygen atoms in total. The van der Waals surface area contributed by atoms with Crippen molar-refractivity contribution in [2.45, 2.75) is 33.0 Å². The van der Waals surface area contributed by atoms with Gasteiger partial charge >= 0.3 is 7.12 Å². The summed E-state index contributed by atoms with van der Waals surface area (Å²) in [4.78, 5) is 9.79. The molecule has 9 heteroatoms. The Morgan fingerprint density at radius 3 is 2.82 bits per heavy atom. The highest BCUT2D eigenvalue weighted by Gasteiger charge is 2.21. The second kappa shape index (κ2) is 8.95. The van der Waals surface area contributed by atoms with Crippen LogP contribution >= 0.6 is 0 Å². The normalized spacial score (nSPS) is 13.2. The summed E-state index contributed by atoms with van der Waals surface area (Å²) in [6.07, 6.45) is 0.732. The summed E-state index contributed by atoms with van der Waals surface area (Å²) >= 11 is 0. The van der Waals surface area contributed by atoms with Crippen molar-refractivity contribution in [1.29, 1.82) is 0 Å². The van der Waals surface area contributed by atoms with Gasteiger partial charge in [0.2, 0.25) is 5.95 Å². The number of nitrogens with two attached hydrogens (primary N) is 1. The second-order valence-electron chi connectivity index (χ2n) is 8.25. The fraction of sp³-hybridized carbons (Fsp3) is 0.250. The van der Waals surface area contributed by atoms with Gasteiger partial charge in [0.05, 0.1) is 24.4 Å². The highest BCUT2D eigenvalue weighted by molar-refractivity contribution is 6.58. The minimum atomic E-state index is -1.50. The molecule has 168 valence electrons. The zero-order valence-corrected chi connectivity index (χ0v) is 18.5. The van der Waals surface area contributed by atoms with Crippen molar-refractivity contribution in [2.75, 3.05) is 11.9 Å². The number of aryl methyl sites for hydroxylation is 1. The summed E-state index contributed by atoms with van der Waals surface area (Å²) in [5, 5.41) is 23.5. The van der Waals surface area contributed by atoms with Gasteiger partial charge in [-0.15, -0.1) is 0 Å². The number of hydrogen-bond acceptors (Lipinski definition) is 7. The van der Waals surface area contributed by atoms with Crippen molar-refractivity contribution in [3.05, 3.63) is 76.6 Å². The standard InChI is InChI=1S/C24H26BN5O3/c1-15-10-20-17(12-26)5-3-7-22(20)30(15)24-28-21-14-33-9-8-19(21)23(29-24)27-13-16-4-2-6-18(11-16)25(31)32/h2-7,10-11,31-32H,8-9,12-14,26H2,1H3,(H,27,28,29). The molecule has 0 aliphatic carbocycles. The van der Waals surface area contributed by atoms with Crippen LogP contribution in [0.1, 0.15) is 28.1 Å². The van der Waals surface area contributed by atoms with Crippen LogP contribution in [0.25, 0.3) is 16.9 Å². The minimum Gasteiger partial charge on any atom is -0.423 e. The van der Waals surface area contributed by atoms with E-state index < -0.39 is 7.12 Å². The number of anilines is 1. The number of hydrogen-bond donors (Lipinski definition) is 4. The molecule has 0 spiro atoms. The molecule has 0 saturated heterocycles. The Bertz CT molecular complexity index is 1320. The highest BCUT2D eigenvalue weighted by atomic mass is 16.5. The molecule has 33 heavy (non-hydrogen) atoms. The van der Waals surface area contributed by atoms with E-state index in [1.807, 2.05) is 31.2 Å². The topological polar surface area (TPSA) is 118 Å². The van der Waals surface area contributed by atoms with E-state index in [-0.39, 0.29) is 0 Å². The fourth-order valence-electron chi connectivity index (χ4n) is 4.41. The Balaban J connectivity index is 1.56. The summed E-state index contributed by atoms with van der Waals surface area (Å²) in [6, 6.07) is 15.4. The molecule has 3 heterocycles. The van der Waals surface area contributed by atoms with Crippen LogP contribution in [0.2, 0.25) is 0 Å². The van der Waals surface area contributed by atoms with Crippen molar-refractivity contribution in [3.63, 3.8) is 0 Å². The van der Waals surface area contributed by atoms with Crippen LogP contribution in [0.4, 0.5) is 5.82 Å². The molecule has 0 radical (unpaired) electrons. The molecule has 1 aliphatic rings. The van der Waals surface area contributed by atoms with E-state index in [4.69, 9.17) is 20.4 Å². The van der Waals surface area contributed by atoms with E-state index >= 15 is 0 Å². The first-order valence-corrected chi connectivity index (χ1v) is 11.0. The van der Waals surface area contributed by atoms with Crippen LogP contribution in [-0.4, -0.2) is 38.3 Å². The smallest absolute Gasteiger partial charge is 0.423 e. The predicted octanol–water partition coefficient (Wildman–Crippen LogP) is 1.55. The lowest BCUT2D eigenvalue weighted by Crippen LogP contribution is -2.30. The minimum absolute atomic E-state index is 0.442. The molecule has 5 N–H and O–H groups in total. The van der Waals surface area contributed by atoms with E-state index in [1.165, 1.54) is 0 Å². The van der Waals surface area contributed by atoms with Gasteiger partial charge in [0, 0.05) is 36.2 Å². The SMILES string of the molecule is Cc1cc2c(CN)cccc2n1-c1nc2c(c(NCc3cccc(B(O)O)c3)n1)CCOC2. The Kier molecular flexibility index (Phi) is 5.86. The number of nitrogens with zero attached hydrogens (tertiary/aromatic N) is 3. The van der Waals surface area contributed by atoms with Crippen molar-refractivity contribution >= 4 is 29.3 Å². The van der Waals surface area contributed by atoms with Crippen LogP contribution in [-0.2, 0) is 30.9 Å². The molecule has 2 aromatic heterocycles. The third-order valence-electron chi connectivity index (χ3n) is 6.07. The van der Waals surface area contributed by atoms with Crippen LogP contribution in [0, 0.1) is 6.92 Å². The monoisotopic (exact) mass is 443 g/mol. The third-order valence-corrected chi connectivity index (χ3v) is 6.07. The van der Waals surface area contributed by atoms with E-state index in [2.05, 4.69) is 22.0 Å². The summed E-state index contributed by atoms with van der Waals surface area (Å²) < 4.78 is 7.74.